The van der Waals surface area contributed by atoms with E-state index < -0.39 is 0 Å². The molecule has 0 aromatic carbocycles. The van der Waals surface area contributed by atoms with Crippen LogP contribution < -0.4 is 5.32 Å². The van der Waals surface area contributed by atoms with Crippen LogP contribution in [0.5, 0.6) is 0 Å². The highest BCUT2D eigenvalue weighted by molar-refractivity contribution is 4.89. The normalized spacial score (nSPS) is 23.7. The summed E-state index contributed by atoms with van der Waals surface area (Å²) in [4.78, 5) is 5.02. The van der Waals surface area contributed by atoms with Crippen molar-refractivity contribution in [3.63, 3.8) is 0 Å². The van der Waals surface area contributed by atoms with Crippen molar-refractivity contribution >= 4 is 0 Å². The lowest BCUT2D eigenvalue weighted by Gasteiger charge is -2.45. The smallest absolute Gasteiger partial charge is 0.0610 e. The second kappa shape index (κ2) is 7.74. The Morgan fingerprint density at radius 3 is 2.55 bits per heavy atom. The third kappa shape index (κ3) is 5.32. The maximum absolute atomic E-state index is 9.58. The summed E-state index contributed by atoms with van der Waals surface area (Å²) in [5.41, 5.74) is 0.164. The second-order valence-corrected chi connectivity index (χ2v) is 7.26. The Morgan fingerprint density at radius 2 is 2.00 bits per heavy atom. The number of aliphatic hydroxyl groups is 1. The molecule has 1 aliphatic heterocycles. The van der Waals surface area contributed by atoms with Crippen LogP contribution in [-0.4, -0.2) is 72.4 Å². The molecular weight excluding hydrogens is 250 g/mol. The molecule has 4 heteroatoms. The molecule has 1 unspecified atom stereocenters. The maximum atomic E-state index is 9.58. The summed E-state index contributed by atoms with van der Waals surface area (Å²) >= 11 is 0. The lowest BCUT2D eigenvalue weighted by atomic mass is 9.95. The molecule has 0 spiro atoms. The van der Waals surface area contributed by atoms with Gasteiger partial charge < -0.3 is 15.3 Å². The molecule has 1 saturated heterocycles. The van der Waals surface area contributed by atoms with E-state index in [1.807, 2.05) is 0 Å². The zero-order valence-electron chi connectivity index (χ0n) is 14.2. The van der Waals surface area contributed by atoms with Crippen molar-refractivity contribution in [2.45, 2.75) is 58.0 Å². The molecule has 1 rings (SSSR count). The van der Waals surface area contributed by atoms with Gasteiger partial charge in [-0.05, 0) is 60.2 Å². The largest absolute Gasteiger partial charge is 0.394 e. The molecule has 1 aliphatic rings. The van der Waals surface area contributed by atoms with Crippen LogP contribution in [0.1, 0.15) is 47.0 Å². The van der Waals surface area contributed by atoms with Crippen molar-refractivity contribution in [2.24, 2.45) is 0 Å². The molecule has 1 atom stereocenters. The van der Waals surface area contributed by atoms with Crippen LogP contribution in [0.2, 0.25) is 0 Å². The third-order valence-electron chi connectivity index (χ3n) is 4.75. The second-order valence-electron chi connectivity index (χ2n) is 7.26. The summed E-state index contributed by atoms with van der Waals surface area (Å²) in [6, 6.07) is 0. The van der Waals surface area contributed by atoms with Crippen LogP contribution in [0.25, 0.3) is 0 Å². The minimum atomic E-state index is -0.113. The molecule has 120 valence electrons. The first-order valence-corrected chi connectivity index (χ1v) is 8.12. The van der Waals surface area contributed by atoms with Crippen molar-refractivity contribution in [3.05, 3.63) is 0 Å². The summed E-state index contributed by atoms with van der Waals surface area (Å²) in [6.45, 7) is 14.7. The number of nitrogens with zero attached hydrogens (tertiary/aromatic N) is 2. The van der Waals surface area contributed by atoms with Gasteiger partial charge in [-0.15, -0.1) is 0 Å². The van der Waals surface area contributed by atoms with Gasteiger partial charge in [0, 0.05) is 30.7 Å². The van der Waals surface area contributed by atoms with Gasteiger partial charge in [0.25, 0.3) is 0 Å². The number of rotatable bonds is 8. The van der Waals surface area contributed by atoms with Crippen LogP contribution >= 0.6 is 0 Å². The number of nitrogens with one attached hydrogen (secondary N) is 1. The van der Waals surface area contributed by atoms with Crippen LogP contribution in [-0.2, 0) is 0 Å². The van der Waals surface area contributed by atoms with E-state index in [0.29, 0.717) is 0 Å². The summed E-state index contributed by atoms with van der Waals surface area (Å²) in [5.74, 6) is 0. The molecule has 2 N–H and O–H groups in total. The van der Waals surface area contributed by atoms with Crippen LogP contribution in [0.3, 0.4) is 0 Å². The average molecular weight is 285 g/mol. The summed E-state index contributed by atoms with van der Waals surface area (Å²) < 4.78 is 0. The van der Waals surface area contributed by atoms with Gasteiger partial charge in [-0.25, -0.2) is 0 Å². The molecule has 0 bridgehead atoms. The van der Waals surface area contributed by atoms with Crippen LogP contribution in [0, 0.1) is 0 Å². The van der Waals surface area contributed by atoms with Gasteiger partial charge in [0.15, 0.2) is 0 Å². The fourth-order valence-electron chi connectivity index (χ4n) is 2.87. The SMILES string of the molecule is CCCNC(C)(CO)CCCN1CCN(C)C(C)(C)C1. The highest BCUT2D eigenvalue weighted by Gasteiger charge is 2.31. The fourth-order valence-corrected chi connectivity index (χ4v) is 2.87. The van der Waals surface area contributed by atoms with Crippen LogP contribution in [0.4, 0.5) is 0 Å². The first-order chi connectivity index (χ1) is 9.33. The van der Waals surface area contributed by atoms with Crippen molar-refractivity contribution in [1.82, 2.24) is 15.1 Å². The molecule has 0 radical (unpaired) electrons. The number of aliphatic hydroxyl groups excluding tert-OH is 1. The first kappa shape index (κ1) is 17.9. The number of hydrogen-bond acceptors (Lipinski definition) is 4. The van der Waals surface area contributed by atoms with E-state index in [9.17, 15) is 5.11 Å². The lowest BCUT2D eigenvalue weighted by molar-refractivity contribution is 0.0374. The number of hydrogen-bond donors (Lipinski definition) is 2. The summed E-state index contributed by atoms with van der Waals surface area (Å²) in [5, 5.41) is 13.1. The van der Waals surface area contributed by atoms with Gasteiger partial charge in [0.1, 0.15) is 0 Å². The zero-order valence-corrected chi connectivity index (χ0v) is 14.2. The standard InChI is InChI=1S/C16H35N3O/c1-6-9-17-16(4,14-20)8-7-10-19-12-11-18(5)15(2,3)13-19/h17,20H,6-14H2,1-5H3. The monoisotopic (exact) mass is 285 g/mol. The minimum absolute atomic E-state index is 0.113. The zero-order chi connectivity index (χ0) is 15.2. The Labute approximate surface area is 125 Å². The predicted octanol–water partition coefficient (Wildman–Crippen LogP) is 1.54. The molecule has 0 aromatic rings. The Bertz CT molecular complexity index is 283. The van der Waals surface area contributed by atoms with E-state index in [1.165, 1.54) is 0 Å². The Morgan fingerprint density at radius 1 is 1.30 bits per heavy atom. The van der Waals surface area contributed by atoms with E-state index in [-0.39, 0.29) is 17.7 Å². The van der Waals surface area contributed by atoms with E-state index in [0.717, 1.165) is 52.0 Å². The topological polar surface area (TPSA) is 38.7 Å². The summed E-state index contributed by atoms with van der Waals surface area (Å²) in [6.07, 6.45) is 3.30. The van der Waals surface area contributed by atoms with Gasteiger partial charge in [-0.2, -0.15) is 0 Å². The molecular formula is C16H35N3O. The third-order valence-corrected chi connectivity index (χ3v) is 4.75. The highest BCUT2D eigenvalue weighted by atomic mass is 16.3. The molecule has 0 saturated carbocycles. The van der Waals surface area contributed by atoms with Gasteiger partial charge >= 0.3 is 0 Å². The van der Waals surface area contributed by atoms with Crippen molar-refractivity contribution < 1.29 is 5.11 Å². The molecule has 0 amide bonds. The van der Waals surface area contributed by atoms with Crippen LogP contribution in [0.15, 0.2) is 0 Å². The van der Waals surface area contributed by atoms with E-state index >= 15 is 0 Å². The average Bonchev–Trinajstić information content (AvgIpc) is 2.40. The summed E-state index contributed by atoms with van der Waals surface area (Å²) in [7, 11) is 2.22. The Balaban J connectivity index is 2.33. The molecule has 4 nitrogen and oxygen atoms in total. The highest BCUT2D eigenvalue weighted by Crippen LogP contribution is 2.20. The van der Waals surface area contributed by atoms with E-state index in [1.54, 1.807) is 0 Å². The van der Waals surface area contributed by atoms with E-state index in [4.69, 9.17) is 0 Å². The Kier molecular flexibility index (Phi) is 6.92. The molecule has 0 aromatic heterocycles. The van der Waals surface area contributed by atoms with Crippen molar-refractivity contribution in [1.29, 1.82) is 0 Å². The first-order valence-electron chi connectivity index (χ1n) is 8.12. The number of piperazine rings is 1. The number of likely N-dealkylation sites (N-methyl/N-ethyl adjacent to an activating group) is 1. The lowest BCUT2D eigenvalue weighted by Crippen LogP contribution is -2.57. The minimum Gasteiger partial charge on any atom is -0.394 e. The maximum Gasteiger partial charge on any atom is 0.0610 e. The fraction of sp³-hybridized carbons (Fsp3) is 1.00. The predicted molar refractivity (Wildman–Crippen MR) is 86.2 cm³/mol. The Hall–Kier alpha value is -0.160. The van der Waals surface area contributed by atoms with E-state index in [2.05, 4.69) is 49.9 Å². The van der Waals surface area contributed by atoms with Crippen molar-refractivity contribution in [2.75, 3.05) is 46.4 Å². The molecule has 1 fully saturated rings. The van der Waals surface area contributed by atoms with Crippen molar-refractivity contribution in [3.8, 4) is 0 Å². The van der Waals surface area contributed by atoms with Gasteiger partial charge in [-0.1, -0.05) is 6.92 Å². The molecule has 0 aliphatic carbocycles. The van der Waals surface area contributed by atoms with Gasteiger partial charge in [0.05, 0.1) is 6.61 Å². The molecule has 20 heavy (non-hydrogen) atoms. The quantitative estimate of drug-likeness (QED) is 0.710. The van der Waals surface area contributed by atoms with Gasteiger partial charge in [0.2, 0.25) is 0 Å². The molecule has 1 heterocycles. The van der Waals surface area contributed by atoms with Gasteiger partial charge in [-0.3, -0.25) is 4.90 Å².